The van der Waals surface area contributed by atoms with Crippen molar-refractivity contribution in [2.24, 2.45) is 0 Å². The minimum atomic E-state index is -0.398. The Hall–Kier alpha value is -3.21. The lowest BCUT2D eigenvalue weighted by atomic mass is 10.0. The average molecular weight is 347 g/mol. The zero-order valence-corrected chi connectivity index (χ0v) is 14.8. The van der Waals surface area contributed by atoms with E-state index in [-0.39, 0.29) is 18.2 Å². The van der Waals surface area contributed by atoms with Gasteiger partial charge in [-0.3, -0.25) is 14.6 Å². The summed E-state index contributed by atoms with van der Waals surface area (Å²) in [5, 5.41) is 3.80. The smallest absolute Gasteiger partial charge is 0.252 e. The SMILES string of the molecule is CN(C)C(=O)CC(NC(=O)c1cccc2ncccc12)c1ccccc1. The summed E-state index contributed by atoms with van der Waals surface area (Å²) >= 11 is 0. The van der Waals surface area contributed by atoms with E-state index in [1.54, 1.807) is 26.4 Å². The number of pyridine rings is 1. The van der Waals surface area contributed by atoms with Crippen molar-refractivity contribution in [3.63, 3.8) is 0 Å². The van der Waals surface area contributed by atoms with Crippen LogP contribution in [0.1, 0.15) is 28.4 Å². The van der Waals surface area contributed by atoms with Gasteiger partial charge in [0, 0.05) is 31.2 Å². The van der Waals surface area contributed by atoms with Crippen molar-refractivity contribution >= 4 is 22.7 Å². The minimum Gasteiger partial charge on any atom is -0.349 e. The highest BCUT2D eigenvalue weighted by atomic mass is 16.2. The molecule has 132 valence electrons. The Balaban J connectivity index is 1.90. The van der Waals surface area contributed by atoms with Crippen LogP contribution in [0.3, 0.4) is 0 Å². The molecule has 0 aliphatic rings. The first-order valence-electron chi connectivity index (χ1n) is 8.46. The van der Waals surface area contributed by atoms with Gasteiger partial charge in [0.25, 0.3) is 5.91 Å². The first-order valence-corrected chi connectivity index (χ1v) is 8.46. The molecule has 26 heavy (non-hydrogen) atoms. The van der Waals surface area contributed by atoms with Crippen LogP contribution in [0.4, 0.5) is 0 Å². The zero-order chi connectivity index (χ0) is 18.5. The number of amides is 2. The number of hydrogen-bond acceptors (Lipinski definition) is 3. The maximum absolute atomic E-state index is 12.9. The molecule has 3 aromatic rings. The average Bonchev–Trinajstić information content (AvgIpc) is 2.67. The Labute approximate surface area is 152 Å². The van der Waals surface area contributed by atoms with E-state index in [1.165, 1.54) is 4.90 Å². The van der Waals surface area contributed by atoms with E-state index in [0.29, 0.717) is 5.56 Å². The molecular formula is C21H21N3O2. The van der Waals surface area contributed by atoms with E-state index in [4.69, 9.17) is 0 Å². The highest BCUT2D eigenvalue weighted by molar-refractivity contribution is 6.06. The molecule has 0 aliphatic carbocycles. The van der Waals surface area contributed by atoms with Crippen molar-refractivity contribution in [1.82, 2.24) is 15.2 Å². The summed E-state index contributed by atoms with van der Waals surface area (Å²) in [4.78, 5) is 31.0. The molecule has 1 heterocycles. The van der Waals surface area contributed by atoms with Crippen molar-refractivity contribution in [3.05, 3.63) is 78.0 Å². The third-order valence-electron chi connectivity index (χ3n) is 4.28. The zero-order valence-electron chi connectivity index (χ0n) is 14.8. The van der Waals surface area contributed by atoms with E-state index >= 15 is 0 Å². The van der Waals surface area contributed by atoms with Crippen LogP contribution in [0, 0.1) is 0 Å². The van der Waals surface area contributed by atoms with Gasteiger partial charge in [0.05, 0.1) is 18.0 Å². The number of fused-ring (bicyclic) bond motifs is 1. The Kier molecular flexibility index (Phi) is 5.27. The van der Waals surface area contributed by atoms with Gasteiger partial charge in [0.2, 0.25) is 5.91 Å². The third kappa shape index (κ3) is 3.88. The van der Waals surface area contributed by atoms with Crippen molar-refractivity contribution in [2.75, 3.05) is 14.1 Å². The number of benzene rings is 2. The summed E-state index contributed by atoms with van der Waals surface area (Å²) < 4.78 is 0. The predicted molar refractivity (Wildman–Crippen MR) is 102 cm³/mol. The first-order chi connectivity index (χ1) is 12.6. The van der Waals surface area contributed by atoms with E-state index in [0.717, 1.165) is 16.5 Å². The summed E-state index contributed by atoms with van der Waals surface area (Å²) in [7, 11) is 3.42. The Morgan fingerprint density at radius 3 is 2.50 bits per heavy atom. The molecule has 2 aromatic carbocycles. The first kappa shape index (κ1) is 17.6. The molecule has 2 amide bonds. The van der Waals surface area contributed by atoms with Crippen LogP contribution in [0.25, 0.3) is 10.9 Å². The molecule has 0 spiro atoms. The van der Waals surface area contributed by atoms with Crippen LogP contribution >= 0.6 is 0 Å². The maximum Gasteiger partial charge on any atom is 0.252 e. The standard InChI is InChI=1S/C21H21N3O2/c1-24(2)20(25)14-19(15-8-4-3-5-9-15)23-21(26)17-10-6-12-18-16(17)11-7-13-22-18/h3-13,19H,14H2,1-2H3,(H,23,26). The molecule has 0 bridgehead atoms. The minimum absolute atomic E-state index is 0.0428. The molecule has 5 heteroatoms. The van der Waals surface area contributed by atoms with Crippen LogP contribution in [0.2, 0.25) is 0 Å². The molecule has 0 aliphatic heterocycles. The number of carbonyl (C=O) groups excluding carboxylic acids is 2. The van der Waals surface area contributed by atoms with E-state index in [9.17, 15) is 9.59 Å². The second kappa shape index (κ2) is 7.78. The van der Waals surface area contributed by atoms with E-state index < -0.39 is 6.04 Å². The Morgan fingerprint density at radius 1 is 1.00 bits per heavy atom. The molecule has 3 rings (SSSR count). The summed E-state index contributed by atoms with van der Waals surface area (Å²) in [5.41, 5.74) is 2.21. The summed E-state index contributed by atoms with van der Waals surface area (Å²) in [6.07, 6.45) is 1.90. The van der Waals surface area contributed by atoms with Gasteiger partial charge in [-0.2, -0.15) is 0 Å². The monoisotopic (exact) mass is 347 g/mol. The van der Waals surface area contributed by atoms with Crippen molar-refractivity contribution in [3.8, 4) is 0 Å². The fourth-order valence-electron chi connectivity index (χ4n) is 2.83. The normalized spacial score (nSPS) is 11.8. The van der Waals surface area contributed by atoms with Gasteiger partial charge in [-0.05, 0) is 23.8 Å². The van der Waals surface area contributed by atoms with Crippen LogP contribution in [0.5, 0.6) is 0 Å². The third-order valence-corrected chi connectivity index (χ3v) is 4.28. The maximum atomic E-state index is 12.9. The van der Waals surface area contributed by atoms with Gasteiger partial charge in [0.1, 0.15) is 0 Å². The number of hydrogen-bond donors (Lipinski definition) is 1. The number of rotatable bonds is 5. The quantitative estimate of drug-likeness (QED) is 0.771. The Bertz CT molecular complexity index is 917. The molecule has 1 aromatic heterocycles. The lowest BCUT2D eigenvalue weighted by Gasteiger charge is -2.21. The Morgan fingerprint density at radius 2 is 1.77 bits per heavy atom. The topological polar surface area (TPSA) is 62.3 Å². The van der Waals surface area contributed by atoms with Gasteiger partial charge >= 0.3 is 0 Å². The van der Waals surface area contributed by atoms with Crippen LogP contribution in [-0.4, -0.2) is 35.8 Å². The van der Waals surface area contributed by atoms with Crippen molar-refractivity contribution in [1.29, 1.82) is 0 Å². The molecule has 1 atom stereocenters. The second-order valence-corrected chi connectivity index (χ2v) is 6.30. The predicted octanol–water partition coefficient (Wildman–Crippen LogP) is 3.18. The number of carbonyl (C=O) groups is 2. The summed E-state index contributed by atoms with van der Waals surface area (Å²) in [6.45, 7) is 0. The molecule has 1 N–H and O–H groups in total. The molecule has 0 saturated heterocycles. The molecule has 0 radical (unpaired) electrons. The van der Waals surface area contributed by atoms with Crippen molar-refractivity contribution < 1.29 is 9.59 Å². The van der Waals surface area contributed by atoms with Gasteiger partial charge in [0.15, 0.2) is 0 Å². The van der Waals surface area contributed by atoms with Crippen LogP contribution in [0.15, 0.2) is 66.9 Å². The molecular weight excluding hydrogens is 326 g/mol. The van der Waals surface area contributed by atoms with Gasteiger partial charge in [-0.25, -0.2) is 0 Å². The summed E-state index contributed by atoms with van der Waals surface area (Å²) in [5.74, 6) is -0.261. The van der Waals surface area contributed by atoms with Gasteiger partial charge < -0.3 is 10.2 Å². The van der Waals surface area contributed by atoms with Crippen LogP contribution < -0.4 is 5.32 Å². The van der Waals surface area contributed by atoms with Crippen LogP contribution in [-0.2, 0) is 4.79 Å². The number of nitrogens with one attached hydrogen (secondary N) is 1. The lowest BCUT2D eigenvalue weighted by molar-refractivity contribution is -0.129. The molecule has 5 nitrogen and oxygen atoms in total. The highest BCUT2D eigenvalue weighted by Gasteiger charge is 2.21. The van der Waals surface area contributed by atoms with E-state index in [1.807, 2.05) is 54.6 Å². The molecule has 1 unspecified atom stereocenters. The fraction of sp³-hybridized carbons (Fsp3) is 0.190. The second-order valence-electron chi connectivity index (χ2n) is 6.30. The summed E-state index contributed by atoms with van der Waals surface area (Å²) in [6, 6.07) is 18.3. The highest BCUT2D eigenvalue weighted by Crippen LogP contribution is 2.21. The van der Waals surface area contributed by atoms with E-state index in [2.05, 4.69) is 10.3 Å². The fourth-order valence-corrected chi connectivity index (χ4v) is 2.83. The largest absolute Gasteiger partial charge is 0.349 e. The number of aromatic nitrogens is 1. The number of nitrogens with zero attached hydrogens (tertiary/aromatic N) is 2. The van der Waals surface area contributed by atoms with Crippen molar-refractivity contribution in [2.45, 2.75) is 12.5 Å². The van der Waals surface area contributed by atoms with Gasteiger partial charge in [-0.15, -0.1) is 0 Å². The molecule has 0 fully saturated rings. The van der Waals surface area contributed by atoms with Gasteiger partial charge in [-0.1, -0.05) is 42.5 Å². The lowest BCUT2D eigenvalue weighted by Crippen LogP contribution is -2.33. The molecule has 0 saturated carbocycles.